The SMILES string of the molecule is Cl.N.N=C(CN=Cc1ccc(Cl)cc1)CN=Cc1ccc(Cl)cc1N. The molecule has 0 aliphatic heterocycles. The van der Waals surface area contributed by atoms with E-state index in [1.807, 2.05) is 12.1 Å². The summed E-state index contributed by atoms with van der Waals surface area (Å²) in [5.41, 5.74) is 8.54. The average molecular weight is 401 g/mol. The third kappa shape index (κ3) is 8.14. The van der Waals surface area contributed by atoms with Crippen LogP contribution >= 0.6 is 35.6 Å². The molecule has 0 aromatic heterocycles. The van der Waals surface area contributed by atoms with E-state index in [1.165, 1.54) is 0 Å². The van der Waals surface area contributed by atoms with Crippen LogP contribution in [0, 0.1) is 5.41 Å². The van der Waals surface area contributed by atoms with Crippen LogP contribution in [-0.4, -0.2) is 31.2 Å². The fraction of sp³-hybridized carbons (Fsp3) is 0.118. The molecule has 0 radical (unpaired) electrons. The zero-order valence-electron chi connectivity index (χ0n) is 13.5. The average Bonchev–Trinajstić information content (AvgIpc) is 2.51. The molecule has 0 bridgehead atoms. The molecule has 6 N–H and O–H groups in total. The standard InChI is InChI=1S/C17H16Cl2N4.ClH.H3N/c18-14-4-1-12(2-5-14)8-22-10-16(20)11-23-9-13-3-6-15(19)7-17(13)21;;/h1-9,20H,10-11,21H2;1H;1H3. The van der Waals surface area contributed by atoms with Crippen LogP contribution in [0.1, 0.15) is 11.1 Å². The lowest BCUT2D eigenvalue weighted by Crippen LogP contribution is -2.06. The summed E-state index contributed by atoms with van der Waals surface area (Å²) in [7, 11) is 0. The smallest absolute Gasteiger partial charge is 0.0784 e. The van der Waals surface area contributed by atoms with Crippen LogP contribution in [0.4, 0.5) is 5.69 Å². The van der Waals surface area contributed by atoms with Gasteiger partial charge in [-0.05, 0) is 35.9 Å². The van der Waals surface area contributed by atoms with Crippen LogP contribution in [0.5, 0.6) is 0 Å². The maximum Gasteiger partial charge on any atom is 0.0784 e. The van der Waals surface area contributed by atoms with E-state index < -0.39 is 0 Å². The summed E-state index contributed by atoms with van der Waals surface area (Å²) in [5.74, 6) is 0. The van der Waals surface area contributed by atoms with Crippen molar-refractivity contribution in [2.24, 2.45) is 9.98 Å². The molecule has 5 nitrogen and oxygen atoms in total. The Morgan fingerprint density at radius 2 is 1.52 bits per heavy atom. The van der Waals surface area contributed by atoms with Gasteiger partial charge in [0.15, 0.2) is 0 Å². The third-order valence-corrected chi connectivity index (χ3v) is 3.44. The molecular formula is C17H20Cl3N5. The summed E-state index contributed by atoms with van der Waals surface area (Å²) in [6.07, 6.45) is 3.36. The Kier molecular flexibility index (Phi) is 10.7. The zero-order chi connectivity index (χ0) is 16.7. The van der Waals surface area contributed by atoms with Gasteiger partial charge in [-0.3, -0.25) is 9.98 Å². The van der Waals surface area contributed by atoms with Gasteiger partial charge in [-0.15, -0.1) is 12.4 Å². The number of halogens is 3. The van der Waals surface area contributed by atoms with Gasteiger partial charge in [0, 0.05) is 33.7 Å². The molecular weight excluding hydrogens is 381 g/mol. The van der Waals surface area contributed by atoms with Gasteiger partial charge in [0.25, 0.3) is 0 Å². The van der Waals surface area contributed by atoms with E-state index in [4.69, 9.17) is 34.3 Å². The molecule has 0 aliphatic carbocycles. The molecule has 0 atom stereocenters. The fourth-order valence-corrected chi connectivity index (χ4v) is 2.08. The lowest BCUT2D eigenvalue weighted by atomic mass is 10.2. The summed E-state index contributed by atoms with van der Waals surface area (Å²) < 4.78 is 0. The summed E-state index contributed by atoms with van der Waals surface area (Å²) >= 11 is 11.6. The van der Waals surface area contributed by atoms with Crippen molar-refractivity contribution in [3.8, 4) is 0 Å². The van der Waals surface area contributed by atoms with Gasteiger partial charge in [-0.25, -0.2) is 0 Å². The molecule has 0 aliphatic rings. The number of nitrogen functional groups attached to an aromatic ring is 1. The normalized spacial score (nSPS) is 10.5. The highest BCUT2D eigenvalue weighted by molar-refractivity contribution is 6.31. The number of nitrogens with one attached hydrogen (secondary N) is 1. The lowest BCUT2D eigenvalue weighted by Gasteiger charge is -2.00. The highest BCUT2D eigenvalue weighted by atomic mass is 35.5. The van der Waals surface area contributed by atoms with Gasteiger partial charge in [0.1, 0.15) is 0 Å². The predicted molar refractivity (Wildman–Crippen MR) is 112 cm³/mol. The topological polar surface area (TPSA) is 110 Å². The number of rotatable bonds is 6. The molecule has 0 saturated heterocycles. The Labute approximate surface area is 163 Å². The number of hydrogen-bond acceptors (Lipinski definition) is 5. The first-order valence-corrected chi connectivity index (χ1v) is 7.67. The molecule has 134 valence electrons. The molecule has 8 heteroatoms. The van der Waals surface area contributed by atoms with Crippen molar-refractivity contribution in [1.82, 2.24) is 6.15 Å². The number of aliphatic imine (C=N–C) groups is 2. The highest BCUT2D eigenvalue weighted by Gasteiger charge is 1.97. The minimum absolute atomic E-state index is 0. The van der Waals surface area contributed by atoms with Crippen LogP contribution in [0.2, 0.25) is 10.0 Å². The molecule has 0 amide bonds. The minimum Gasteiger partial charge on any atom is -0.398 e. The Morgan fingerprint density at radius 1 is 0.960 bits per heavy atom. The Hall–Kier alpha value is -1.92. The van der Waals surface area contributed by atoms with Crippen molar-refractivity contribution in [3.63, 3.8) is 0 Å². The Bertz CT molecular complexity index is 742. The highest BCUT2D eigenvalue weighted by Crippen LogP contribution is 2.16. The van der Waals surface area contributed by atoms with Crippen molar-refractivity contribution in [1.29, 1.82) is 5.41 Å². The van der Waals surface area contributed by atoms with E-state index in [0.717, 1.165) is 11.1 Å². The van der Waals surface area contributed by atoms with Gasteiger partial charge in [-0.2, -0.15) is 0 Å². The fourth-order valence-electron chi connectivity index (χ4n) is 1.78. The minimum atomic E-state index is 0. The summed E-state index contributed by atoms with van der Waals surface area (Å²) in [4.78, 5) is 8.42. The first kappa shape index (κ1) is 23.1. The molecule has 0 unspecified atom stereocenters. The third-order valence-electron chi connectivity index (χ3n) is 2.95. The van der Waals surface area contributed by atoms with Crippen LogP contribution in [-0.2, 0) is 0 Å². The molecule has 25 heavy (non-hydrogen) atoms. The van der Waals surface area contributed by atoms with Gasteiger partial charge in [0.2, 0.25) is 0 Å². The summed E-state index contributed by atoms with van der Waals surface area (Å²) in [6, 6.07) is 12.6. The van der Waals surface area contributed by atoms with Crippen LogP contribution in [0.25, 0.3) is 0 Å². The second kappa shape index (κ2) is 11.6. The number of nitrogens with two attached hydrogens (primary N) is 1. The molecule has 0 spiro atoms. The predicted octanol–water partition coefficient (Wildman–Crippen LogP) is 4.72. The second-order valence-electron chi connectivity index (χ2n) is 4.87. The first-order chi connectivity index (χ1) is 11.0. The first-order valence-electron chi connectivity index (χ1n) is 6.91. The monoisotopic (exact) mass is 399 g/mol. The molecule has 2 aromatic carbocycles. The van der Waals surface area contributed by atoms with Crippen molar-refractivity contribution in [2.45, 2.75) is 0 Å². The number of nitrogens with zero attached hydrogens (tertiary/aromatic N) is 2. The van der Waals surface area contributed by atoms with E-state index in [1.54, 1.807) is 42.8 Å². The van der Waals surface area contributed by atoms with Crippen molar-refractivity contribution >= 4 is 59.4 Å². The molecule has 0 saturated carbocycles. The van der Waals surface area contributed by atoms with Crippen molar-refractivity contribution in [3.05, 3.63) is 63.6 Å². The number of benzene rings is 2. The molecule has 0 heterocycles. The van der Waals surface area contributed by atoms with Crippen LogP contribution in [0.3, 0.4) is 0 Å². The maximum atomic E-state index is 7.84. The Balaban J connectivity index is 0.00000288. The van der Waals surface area contributed by atoms with Crippen molar-refractivity contribution in [2.75, 3.05) is 18.8 Å². The van der Waals surface area contributed by atoms with E-state index in [9.17, 15) is 0 Å². The van der Waals surface area contributed by atoms with Gasteiger partial charge in [0.05, 0.1) is 18.8 Å². The van der Waals surface area contributed by atoms with Gasteiger partial charge >= 0.3 is 0 Å². The molecule has 2 rings (SSSR count). The lowest BCUT2D eigenvalue weighted by molar-refractivity contribution is 1.17. The van der Waals surface area contributed by atoms with E-state index >= 15 is 0 Å². The van der Waals surface area contributed by atoms with E-state index in [0.29, 0.717) is 28.0 Å². The second-order valence-corrected chi connectivity index (χ2v) is 5.74. The van der Waals surface area contributed by atoms with Crippen LogP contribution < -0.4 is 11.9 Å². The number of anilines is 1. The maximum absolute atomic E-state index is 7.84. The van der Waals surface area contributed by atoms with Gasteiger partial charge < -0.3 is 17.3 Å². The summed E-state index contributed by atoms with van der Waals surface area (Å²) in [6.45, 7) is 0.579. The van der Waals surface area contributed by atoms with Crippen LogP contribution in [0.15, 0.2) is 52.4 Å². The summed E-state index contributed by atoms with van der Waals surface area (Å²) in [5, 5.41) is 9.11. The quantitative estimate of drug-likeness (QED) is 0.481. The Morgan fingerprint density at radius 3 is 2.12 bits per heavy atom. The van der Waals surface area contributed by atoms with E-state index in [2.05, 4.69) is 9.98 Å². The largest absolute Gasteiger partial charge is 0.398 e. The van der Waals surface area contributed by atoms with Gasteiger partial charge in [-0.1, -0.05) is 35.3 Å². The zero-order valence-corrected chi connectivity index (χ0v) is 15.8. The number of hydrogen-bond donors (Lipinski definition) is 3. The molecule has 0 fully saturated rings. The van der Waals surface area contributed by atoms with Crippen molar-refractivity contribution < 1.29 is 0 Å². The van der Waals surface area contributed by atoms with E-state index in [-0.39, 0.29) is 25.1 Å². The molecule has 2 aromatic rings.